The van der Waals surface area contributed by atoms with Crippen molar-refractivity contribution in [3.63, 3.8) is 0 Å². The Morgan fingerprint density at radius 3 is 2.28 bits per heavy atom. The molecular formula is C32H26FN5O3S2. The molecule has 4 aromatic carbocycles. The summed E-state index contributed by atoms with van der Waals surface area (Å²) in [7, 11) is -3.93. The number of benzene rings is 4. The minimum Gasteiger partial charge on any atom is -0.325 e. The zero-order valence-corrected chi connectivity index (χ0v) is 24.9. The number of amides is 1. The molecule has 0 aliphatic carbocycles. The number of hydrogen-bond donors (Lipinski definition) is 1. The van der Waals surface area contributed by atoms with E-state index in [0.717, 1.165) is 11.1 Å². The highest BCUT2D eigenvalue weighted by Crippen LogP contribution is 2.35. The Hall–Kier alpha value is -4.74. The van der Waals surface area contributed by atoms with Gasteiger partial charge in [0.25, 0.3) is 10.0 Å². The molecule has 0 unspecified atom stereocenters. The second-order valence-electron chi connectivity index (χ2n) is 10.0. The summed E-state index contributed by atoms with van der Waals surface area (Å²) in [6.07, 6.45) is 1.53. The van der Waals surface area contributed by atoms with Gasteiger partial charge in [-0.25, -0.2) is 16.8 Å². The van der Waals surface area contributed by atoms with Gasteiger partial charge >= 0.3 is 0 Å². The first-order valence-corrected chi connectivity index (χ1v) is 15.8. The number of hydrogen-bond acceptors (Lipinski definition) is 6. The number of nitrogens with zero attached hydrogens (tertiary/aromatic N) is 4. The van der Waals surface area contributed by atoms with Gasteiger partial charge in [0, 0.05) is 28.5 Å². The fourth-order valence-electron chi connectivity index (χ4n) is 4.97. The van der Waals surface area contributed by atoms with Crippen LogP contribution in [-0.4, -0.2) is 38.8 Å². The van der Waals surface area contributed by atoms with E-state index >= 15 is 0 Å². The fourth-order valence-corrected chi connectivity index (χ4v) is 7.11. The van der Waals surface area contributed by atoms with Crippen LogP contribution in [0, 0.1) is 19.7 Å². The van der Waals surface area contributed by atoms with Crippen LogP contribution in [0.25, 0.3) is 28.0 Å². The van der Waals surface area contributed by atoms with Crippen LogP contribution in [-0.2, 0) is 14.8 Å². The first-order valence-electron chi connectivity index (χ1n) is 13.3. The van der Waals surface area contributed by atoms with E-state index in [-0.39, 0.29) is 16.6 Å². The molecule has 1 N–H and O–H groups in total. The third-order valence-corrected chi connectivity index (χ3v) is 9.39. The molecular weight excluding hydrogens is 586 g/mol. The first-order chi connectivity index (χ1) is 20.7. The highest BCUT2D eigenvalue weighted by molar-refractivity contribution is 7.99. The largest absolute Gasteiger partial charge is 0.325 e. The molecule has 2 heterocycles. The number of fused-ring (bicyclic) bond motifs is 1. The van der Waals surface area contributed by atoms with Crippen molar-refractivity contribution in [3.8, 4) is 17.1 Å². The number of anilines is 1. The van der Waals surface area contributed by atoms with Gasteiger partial charge in [-0.05, 0) is 79.6 Å². The van der Waals surface area contributed by atoms with Crippen LogP contribution in [0.5, 0.6) is 0 Å². The molecule has 0 aliphatic rings. The third-order valence-electron chi connectivity index (χ3n) is 6.77. The predicted octanol–water partition coefficient (Wildman–Crippen LogP) is 6.61. The summed E-state index contributed by atoms with van der Waals surface area (Å²) < 4.78 is 44.2. The summed E-state index contributed by atoms with van der Waals surface area (Å²) in [6.45, 7) is 3.93. The Morgan fingerprint density at radius 1 is 0.884 bits per heavy atom. The zero-order valence-electron chi connectivity index (χ0n) is 23.2. The Bertz CT molecular complexity index is 2050. The number of rotatable bonds is 8. The van der Waals surface area contributed by atoms with Crippen LogP contribution >= 0.6 is 11.8 Å². The topological polar surface area (TPSA) is 98.9 Å². The van der Waals surface area contributed by atoms with Crippen molar-refractivity contribution in [2.45, 2.75) is 23.9 Å². The van der Waals surface area contributed by atoms with Gasteiger partial charge in [0.05, 0.1) is 16.2 Å². The van der Waals surface area contributed by atoms with Gasteiger partial charge in [-0.2, -0.15) is 0 Å². The smallest absolute Gasteiger partial charge is 0.268 e. The maximum atomic E-state index is 13.9. The number of aromatic nitrogens is 4. The summed E-state index contributed by atoms with van der Waals surface area (Å²) in [6, 6.07) is 26.9. The Morgan fingerprint density at radius 2 is 1.56 bits per heavy atom. The van der Waals surface area contributed by atoms with E-state index in [1.807, 2.05) is 44.2 Å². The number of thioether (sulfide) groups is 1. The minimum atomic E-state index is -3.93. The molecule has 2 aromatic heterocycles. The van der Waals surface area contributed by atoms with Crippen LogP contribution in [0.4, 0.5) is 10.1 Å². The van der Waals surface area contributed by atoms with Gasteiger partial charge in [0.1, 0.15) is 5.82 Å². The Balaban J connectivity index is 1.42. The maximum absolute atomic E-state index is 13.9. The van der Waals surface area contributed by atoms with Crippen molar-refractivity contribution in [1.29, 1.82) is 0 Å². The van der Waals surface area contributed by atoms with Gasteiger partial charge in [0.15, 0.2) is 11.0 Å². The van der Waals surface area contributed by atoms with Crippen molar-refractivity contribution in [2.24, 2.45) is 0 Å². The Kier molecular flexibility index (Phi) is 7.59. The van der Waals surface area contributed by atoms with Gasteiger partial charge in [-0.3, -0.25) is 9.36 Å². The van der Waals surface area contributed by atoms with Crippen LogP contribution in [0.15, 0.2) is 113 Å². The van der Waals surface area contributed by atoms with E-state index < -0.39 is 15.8 Å². The average molecular weight is 612 g/mol. The van der Waals surface area contributed by atoms with Crippen LogP contribution < -0.4 is 5.32 Å². The number of halogens is 1. The first kappa shape index (κ1) is 28.4. The van der Waals surface area contributed by atoms with Gasteiger partial charge < -0.3 is 5.32 Å². The molecule has 8 nitrogen and oxygen atoms in total. The fraction of sp³-hybridized carbons (Fsp3) is 0.0938. The quantitative estimate of drug-likeness (QED) is 0.195. The number of nitrogens with one attached hydrogen (secondary N) is 1. The minimum absolute atomic E-state index is 0.0382. The average Bonchev–Trinajstić information content (AvgIpc) is 3.58. The molecule has 0 saturated carbocycles. The van der Waals surface area contributed by atoms with Crippen molar-refractivity contribution in [3.05, 3.63) is 120 Å². The molecule has 0 saturated heterocycles. The second kappa shape index (κ2) is 11.5. The van der Waals surface area contributed by atoms with Crippen molar-refractivity contribution >= 4 is 44.3 Å². The zero-order chi connectivity index (χ0) is 30.1. The maximum Gasteiger partial charge on any atom is 0.268 e. The second-order valence-corrected chi connectivity index (χ2v) is 12.8. The number of carbonyl (C=O) groups is 1. The molecule has 6 rings (SSSR count). The van der Waals surface area contributed by atoms with Crippen LogP contribution in [0.2, 0.25) is 0 Å². The van der Waals surface area contributed by atoms with Crippen LogP contribution in [0.3, 0.4) is 0 Å². The molecule has 1 amide bonds. The third kappa shape index (κ3) is 5.69. The van der Waals surface area contributed by atoms with E-state index in [0.29, 0.717) is 38.8 Å². The number of carbonyl (C=O) groups excluding carboxylic acids is 1. The lowest BCUT2D eigenvalue weighted by Crippen LogP contribution is -2.14. The molecule has 6 aromatic rings. The van der Waals surface area contributed by atoms with Crippen molar-refractivity contribution in [2.75, 3.05) is 11.1 Å². The van der Waals surface area contributed by atoms with Crippen LogP contribution in [0.1, 0.15) is 11.1 Å². The predicted molar refractivity (Wildman–Crippen MR) is 167 cm³/mol. The van der Waals surface area contributed by atoms with Crippen molar-refractivity contribution in [1.82, 2.24) is 18.7 Å². The van der Waals surface area contributed by atoms with Gasteiger partial charge in [0.2, 0.25) is 5.91 Å². The number of aryl methyl sites for hydroxylation is 2. The van der Waals surface area contributed by atoms with E-state index in [1.165, 1.54) is 34.1 Å². The standard InChI is InChI=1S/C32H26FN5O3S2/c1-21-16-22(2)18-24(17-21)34-30(39)20-42-32-36-35-31(38(32)25-14-12-23(33)13-15-25)28-19-37(29-11-7-6-10-27(28)29)43(40,41)26-8-4-3-5-9-26/h3-19H,20H2,1-2H3,(H,34,39). The van der Waals surface area contributed by atoms with Gasteiger partial charge in [-0.1, -0.05) is 54.2 Å². The molecule has 0 spiro atoms. The summed E-state index contributed by atoms with van der Waals surface area (Å²) >= 11 is 1.17. The van der Waals surface area contributed by atoms with E-state index in [1.54, 1.807) is 59.2 Å². The summed E-state index contributed by atoms with van der Waals surface area (Å²) in [4.78, 5) is 13.0. The highest BCUT2D eigenvalue weighted by atomic mass is 32.2. The Labute approximate surface area is 252 Å². The molecule has 11 heteroatoms. The number of para-hydroxylation sites is 1. The lowest BCUT2D eigenvalue weighted by molar-refractivity contribution is -0.113. The summed E-state index contributed by atoms with van der Waals surface area (Å²) in [5, 5.41) is 12.8. The normalized spacial score (nSPS) is 11.6. The molecule has 216 valence electrons. The molecule has 0 fully saturated rings. The molecule has 0 bridgehead atoms. The lowest BCUT2D eigenvalue weighted by Gasteiger charge is -2.11. The summed E-state index contributed by atoms with van der Waals surface area (Å²) in [5.74, 6) is -0.250. The monoisotopic (exact) mass is 611 g/mol. The van der Waals surface area contributed by atoms with Gasteiger partial charge in [-0.15, -0.1) is 10.2 Å². The molecule has 0 aliphatic heterocycles. The van der Waals surface area contributed by atoms with E-state index in [4.69, 9.17) is 0 Å². The van der Waals surface area contributed by atoms with E-state index in [2.05, 4.69) is 15.5 Å². The molecule has 0 radical (unpaired) electrons. The SMILES string of the molecule is Cc1cc(C)cc(NC(=O)CSc2nnc(-c3cn(S(=O)(=O)c4ccccc4)c4ccccc34)n2-c2ccc(F)cc2)c1. The molecule has 43 heavy (non-hydrogen) atoms. The van der Waals surface area contributed by atoms with E-state index in [9.17, 15) is 17.6 Å². The molecule has 0 atom stereocenters. The van der Waals surface area contributed by atoms with Crippen molar-refractivity contribution < 1.29 is 17.6 Å². The highest BCUT2D eigenvalue weighted by Gasteiger charge is 2.25. The summed E-state index contributed by atoms with van der Waals surface area (Å²) in [5.41, 5.74) is 4.32. The lowest BCUT2D eigenvalue weighted by atomic mass is 10.1.